The fraction of sp³-hybridized carbons (Fsp3) is 0.333. The maximum absolute atomic E-state index is 13.8. The van der Waals surface area contributed by atoms with E-state index in [0.29, 0.717) is 18.4 Å². The van der Waals surface area contributed by atoms with Crippen LogP contribution in [-0.2, 0) is 6.42 Å². The second-order valence-corrected chi connectivity index (χ2v) is 4.95. The Hall–Kier alpha value is -1.13. The topological polar surface area (TPSA) is 35.2 Å². The van der Waals surface area contributed by atoms with E-state index in [9.17, 15) is 4.39 Å². The molecule has 2 aromatic rings. The van der Waals surface area contributed by atoms with Gasteiger partial charge in [-0.15, -0.1) is 11.3 Å². The molecule has 0 saturated carbocycles. The summed E-state index contributed by atoms with van der Waals surface area (Å²) in [4.78, 5) is 1.08. The molecule has 4 heteroatoms. The van der Waals surface area contributed by atoms with Gasteiger partial charge in [-0.2, -0.15) is 0 Å². The molecule has 0 unspecified atom stereocenters. The van der Waals surface area contributed by atoms with Crippen molar-refractivity contribution >= 4 is 21.4 Å². The van der Waals surface area contributed by atoms with Crippen LogP contribution in [0.2, 0.25) is 0 Å². The lowest BCUT2D eigenvalue weighted by Crippen LogP contribution is -2.04. The van der Waals surface area contributed by atoms with E-state index in [4.69, 9.17) is 10.5 Å². The predicted molar refractivity (Wildman–Crippen MR) is 65.8 cm³/mol. The lowest BCUT2D eigenvalue weighted by molar-refractivity contribution is 0.414. The summed E-state index contributed by atoms with van der Waals surface area (Å²) in [7, 11) is 1.61. The third kappa shape index (κ3) is 1.79. The molecule has 0 aliphatic heterocycles. The van der Waals surface area contributed by atoms with Gasteiger partial charge in [0.15, 0.2) is 0 Å². The fourth-order valence-corrected chi connectivity index (χ4v) is 2.94. The van der Waals surface area contributed by atoms with Gasteiger partial charge in [0.05, 0.1) is 11.8 Å². The van der Waals surface area contributed by atoms with E-state index >= 15 is 0 Å². The minimum absolute atomic E-state index is 0.191. The molecule has 86 valence electrons. The van der Waals surface area contributed by atoms with E-state index in [0.717, 1.165) is 20.9 Å². The number of aryl methyl sites for hydroxylation is 1. The normalized spacial score (nSPS) is 11.0. The number of rotatable bonds is 3. The molecule has 0 saturated heterocycles. The first kappa shape index (κ1) is 11.4. The Morgan fingerprint density at radius 3 is 2.81 bits per heavy atom. The van der Waals surface area contributed by atoms with E-state index in [1.54, 1.807) is 18.4 Å². The van der Waals surface area contributed by atoms with E-state index < -0.39 is 0 Å². The summed E-state index contributed by atoms with van der Waals surface area (Å²) in [6.07, 6.45) is 0.632. The molecule has 0 amide bonds. The average Bonchev–Trinajstić information content (AvgIpc) is 2.61. The number of methoxy groups -OCH3 is 1. The first-order chi connectivity index (χ1) is 7.67. The molecule has 0 aliphatic rings. The molecule has 0 aliphatic carbocycles. The van der Waals surface area contributed by atoms with Gasteiger partial charge in [-0.3, -0.25) is 0 Å². The van der Waals surface area contributed by atoms with Crippen molar-refractivity contribution in [3.63, 3.8) is 0 Å². The van der Waals surface area contributed by atoms with Crippen LogP contribution >= 0.6 is 11.3 Å². The minimum atomic E-state index is -0.191. The van der Waals surface area contributed by atoms with Gasteiger partial charge in [0, 0.05) is 10.3 Å². The SMILES string of the molecule is COc1c(CCN)cc(F)c2cc(C)sc12. The van der Waals surface area contributed by atoms with Crippen molar-refractivity contribution in [3.8, 4) is 5.75 Å². The van der Waals surface area contributed by atoms with Crippen molar-refractivity contribution in [2.24, 2.45) is 5.73 Å². The van der Waals surface area contributed by atoms with E-state index in [2.05, 4.69) is 0 Å². The monoisotopic (exact) mass is 239 g/mol. The molecule has 2 N–H and O–H groups in total. The molecule has 0 bridgehead atoms. The lowest BCUT2D eigenvalue weighted by atomic mass is 10.1. The summed E-state index contributed by atoms with van der Waals surface area (Å²) in [5.74, 6) is 0.573. The summed E-state index contributed by atoms with van der Waals surface area (Å²) in [5.41, 5.74) is 6.35. The smallest absolute Gasteiger partial charge is 0.140 e. The maximum Gasteiger partial charge on any atom is 0.140 e. The highest BCUT2D eigenvalue weighted by Crippen LogP contribution is 2.37. The molecule has 1 aromatic carbocycles. The van der Waals surface area contributed by atoms with E-state index in [1.165, 1.54) is 6.07 Å². The number of benzene rings is 1. The van der Waals surface area contributed by atoms with Gasteiger partial charge < -0.3 is 10.5 Å². The molecule has 2 nitrogen and oxygen atoms in total. The van der Waals surface area contributed by atoms with Crippen LogP contribution in [0.25, 0.3) is 10.1 Å². The van der Waals surface area contributed by atoms with Crippen LogP contribution < -0.4 is 10.5 Å². The van der Waals surface area contributed by atoms with Crippen LogP contribution in [0.3, 0.4) is 0 Å². The van der Waals surface area contributed by atoms with Crippen LogP contribution in [0.4, 0.5) is 4.39 Å². The Bertz CT molecular complexity index is 521. The highest BCUT2D eigenvalue weighted by Gasteiger charge is 2.14. The van der Waals surface area contributed by atoms with Crippen molar-refractivity contribution in [1.82, 2.24) is 0 Å². The maximum atomic E-state index is 13.8. The van der Waals surface area contributed by atoms with Gasteiger partial charge in [-0.25, -0.2) is 4.39 Å². The summed E-state index contributed by atoms with van der Waals surface area (Å²) in [5, 5.41) is 0.639. The Morgan fingerprint density at radius 2 is 2.19 bits per heavy atom. The van der Waals surface area contributed by atoms with Crippen LogP contribution in [0.15, 0.2) is 12.1 Å². The Morgan fingerprint density at radius 1 is 1.44 bits per heavy atom. The number of hydrogen-bond acceptors (Lipinski definition) is 3. The third-order valence-corrected chi connectivity index (χ3v) is 3.58. The van der Waals surface area contributed by atoms with Crippen LogP contribution in [-0.4, -0.2) is 13.7 Å². The molecule has 1 heterocycles. The van der Waals surface area contributed by atoms with Crippen LogP contribution in [0.1, 0.15) is 10.4 Å². The zero-order valence-electron chi connectivity index (χ0n) is 9.34. The molecule has 0 fully saturated rings. The number of nitrogens with two attached hydrogens (primary N) is 1. The second kappa shape index (κ2) is 4.39. The fourth-order valence-electron chi connectivity index (χ4n) is 1.87. The Balaban J connectivity index is 2.73. The van der Waals surface area contributed by atoms with Gasteiger partial charge in [0.25, 0.3) is 0 Å². The zero-order chi connectivity index (χ0) is 11.7. The molecule has 2 rings (SSSR count). The van der Waals surface area contributed by atoms with Crippen molar-refractivity contribution < 1.29 is 9.13 Å². The Kier molecular flexibility index (Phi) is 3.12. The highest BCUT2D eigenvalue weighted by molar-refractivity contribution is 7.19. The molecule has 0 radical (unpaired) electrons. The van der Waals surface area contributed by atoms with Crippen molar-refractivity contribution in [1.29, 1.82) is 0 Å². The van der Waals surface area contributed by atoms with Crippen molar-refractivity contribution in [2.75, 3.05) is 13.7 Å². The molecule has 0 spiro atoms. The largest absolute Gasteiger partial charge is 0.495 e. The third-order valence-electron chi connectivity index (χ3n) is 2.53. The minimum Gasteiger partial charge on any atom is -0.495 e. The summed E-state index contributed by atoms with van der Waals surface area (Å²) in [6.45, 7) is 2.46. The quantitative estimate of drug-likeness (QED) is 0.894. The zero-order valence-corrected chi connectivity index (χ0v) is 10.2. The molecular formula is C12H14FNOS. The Labute approximate surface area is 97.8 Å². The molecule has 16 heavy (non-hydrogen) atoms. The van der Waals surface area contributed by atoms with Gasteiger partial charge in [-0.05, 0) is 37.6 Å². The number of halogens is 1. The summed E-state index contributed by atoms with van der Waals surface area (Å²) in [6, 6.07) is 3.38. The second-order valence-electron chi connectivity index (χ2n) is 3.69. The number of thiophene rings is 1. The lowest BCUT2D eigenvalue weighted by Gasteiger charge is -2.09. The molecular weight excluding hydrogens is 225 g/mol. The van der Waals surface area contributed by atoms with E-state index in [1.807, 2.05) is 13.0 Å². The predicted octanol–water partition coefficient (Wildman–Crippen LogP) is 2.86. The molecule has 0 atom stereocenters. The van der Waals surface area contributed by atoms with E-state index in [-0.39, 0.29) is 5.82 Å². The van der Waals surface area contributed by atoms with Gasteiger partial charge in [0.2, 0.25) is 0 Å². The van der Waals surface area contributed by atoms with Gasteiger partial charge >= 0.3 is 0 Å². The number of hydrogen-bond donors (Lipinski definition) is 1. The van der Waals surface area contributed by atoms with Crippen molar-refractivity contribution in [2.45, 2.75) is 13.3 Å². The highest BCUT2D eigenvalue weighted by atomic mass is 32.1. The number of ether oxygens (including phenoxy) is 1. The average molecular weight is 239 g/mol. The van der Waals surface area contributed by atoms with Crippen LogP contribution in [0.5, 0.6) is 5.75 Å². The summed E-state index contributed by atoms with van der Waals surface area (Å²) < 4.78 is 20.1. The standard InChI is InChI=1S/C12H14FNOS/c1-7-5-9-10(13)6-8(3-4-14)11(15-2)12(9)16-7/h5-6H,3-4,14H2,1-2H3. The molecule has 1 aromatic heterocycles. The van der Waals surface area contributed by atoms with Gasteiger partial charge in [-0.1, -0.05) is 0 Å². The van der Waals surface area contributed by atoms with Crippen molar-refractivity contribution in [3.05, 3.63) is 28.4 Å². The first-order valence-corrected chi connectivity index (χ1v) is 5.94. The number of fused-ring (bicyclic) bond motifs is 1. The first-order valence-electron chi connectivity index (χ1n) is 5.13. The summed E-state index contributed by atoms with van der Waals surface area (Å²) >= 11 is 1.55. The van der Waals surface area contributed by atoms with Gasteiger partial charge in [0.1, 0.15) is 11.6 Å². The van der Waals surface area contributed by atoms with Crippen LogP contribution in [0, 0.1) is 12.7 Å².